The number of ether oxygens (including phenoxy) is 1. The second-order valence-electron chi connectivity index (χ2n) is 8.02. The normalized spacial score (nSPS) is 25.5. The fourth-order valence-corrected chi connectivity index (χ4v) is 4.13. The number of hydrogen-bond acceptors (Lipinski definition) is 6. The molecule has 0 unspecified atom stereocenters. The minimum Gasteiger partial charge on any atom is -0.372 e. The number of amides is 1. The number of hydrogen-bond donors (Lipinski definition) is 1. The van der Waals surface area contributed by atoms with E-state index < -0.39 is 0 Å². The van der Waals surface area contributed by atoms with Crippen molar-refractivity contribution in [3.05, 3.63) is 32.6 Å². The van der Waals surface area contributed by atoms with Crippen molar-refractivity contribution in [2.75, 3.05) is 32.7 Å². The van der Waals surface area contributed by atoms with Crippen molar-refractivity contribution in [3.8, 4) is 0 Å². The van der Waals surface area contributed by atoms with Crippen LogP contribution in [0.25, 0.3) is 0 Å². The van der Waals surface area contributed by atoms with E-state index in [1.807, 2.05) is 18.7 Å². The van der Waals surface area contributed by atoms with Gasteiger partial charge >= 0.3 is 5.69 Å². The Balaban J connectivity index is 1.79. The summed E-state index contributed by atoms with van der Waals surface area (Å²) < 4.78 is 8.26. The molecule has 0 aliphatic carbocycles. The SMILES string of the molecule is C[C@@H]1CN(C(=O)CN(Cc2cn(C)c(=O)n(C)c2=O)[C@H]2CCNC2)C[C@H](C)O1. The van der Waals surface area contributed by atoms with E-state index in [4.69, 9.17) is 4.74 Å². The number of aromatic nitrogens is 2. The number of nitrogens with zero attached hydrogens (tertiary/aromatic N) is 4. The van der Waals surface area contributed by atoms with Crippen molar-refractivity contribution in [1.82, 2.24) is 24.3 Å². The Morgan fingerprint density at radius 1 is 1.25 bits per heavy atom. The highest BCUT2D eigenvalue weighted by Crippen LogP contribution is 2.15. The van der Waals surface area contributed by atoms with Crippen molar-refractivity contribution in [1.29, 1.82) is 0 Å². The second kappa shape index (κ2) is 8.59. The average Bonchev–Trinajstić information content (AvgIpc) is 3.17. The topological polar surface area (TPSA) is 88.8 Å². The lowest BCUT2D eigenvalue weighted by atomic mass is 10.1. The molecule has 28 heavy (non-hydrogen) atoms. The van der Waals surface area contributed by atoms with Gasteiger partial charge in [-0.1, -0.05) is 0 Å². The molecule has 3 rings (SSSR count). The Labute approximate surface area is 164 Å². The summed E-state index contributed by atoms with van der Waals surface area (Å²) in [5, 5.41) is 3.33. The fourth-order valence-electron chi connectivity index (χ4n) is 4.13. The number of rotatable bonds is 5. The van der Waals surface area contributed by atoms with Gasteiger partial charge in [0, 0.05) is 58.1 Å². The van der Waals surface area contributed by atoms with Crippen LogP contribution >= 0.6 is 0 Å². The third kappa shape index (κ3) is 4.53. The molecule has 1 N–H and O–H groups in total. The van der Waals surface area contributed by atoms with Gasteiger partial charge in [-0.2, -0.15) is 0 Å². The van der Waals surface area contributed by atoms with E-state index in [2.05, 4.69) is 10.2 Å². The Bertz CT molecular complexity index is 817. The maximum atomic E-state index is 13.0. The summed E-state index contributed by atoms with van der Waals surface area (Å²) in [5.74, 6) is 0.0514. The van der Waals surface area contributed by atoms with Gasteiger partial charge in [-0.05, 0) is 26.8 Å². The Morgan fingerprint density at radius 2 is 1.93 bits per heavy atom. The van der Waals surface area contributed by atoms with E-state index in [1.165, 1.54) is 11.6 Å². The van der Waals surface area contributed by atoms with E-state index >= 15 is 0 Å². The molecule has 1 aromatic rings. The Morgan fingerprint density at radius 3 is 2.54 bits per heavy atom. The fraction of sp³-hybridized carbons (Fsp3) is 0.737. The van der Waals surface area contributed by atoms with Crippen LogP contribution in [0.15, 0.2) is 15.8 Å². The van der Waals surface area contributed by atoms with E-state index in [-0.39, 0.29) is 42.0 Å². The molecule has 0 aromatic carbocycles. The largest absolute Gasteiger partial charge is 0.372 e. The number of aryl methyl sites for hydroxylation is 1. The first kappa shape index (κ1) is 20.8. The molecule has 0 bridgehead atoms. The average molecular weight is 393 g/mol. The molecule has 0 spiro atoms. The quantitative estimate of drug-likeness (QED) is 0.682. The number of carbonyl (C=O) groups is 1. The zero-order valence-corrected chi connectivity index (χ0v) is 17.2. The van der Waals surface area contributed by atoms with Gasteiger partial charge in [0.2, 0.25) is 5.91 Å². The summed E-state index contributed by atoms with van der Waals surface area (Å²) in [6.07, 6.45) is 2.55. The first-order valence-electron chi connectivity index (χ1n) is 9.89. The van der Waals surface area contributed by atoms with E-state index in [0.29, 0.717) is 25.2 Å². The highest BCUT2D eigenvalue weighted by Gasteiger charge is 2.30. The van der Waals surface area contributed by atoms with Crippen LogP contribution in [0.1, 0.15) is 25.8 Å². The smallest absolute Gasteiger partial charge is 0.330 e. The molecule has 9 nitrogen and oxygen atoms in total. The van der Waals surface area contributed by atoms with Gasteiger partial charge in [-0.3, -0.25) is 19.1 Å². The minimum atomic E-state index is -0.352. The lowest BCUT2D eigenvalue weighted by Crippen LogP contribution is -2.52. The summed E-state index contributed by atoms with van der Waals surface area (Å²) in [6.45, 7) is 7.39. The molecule has 9 heteroatoms. The van der Waals surface area contributed by atoms with Crippen molar-refractivity contribution in [2.45, 2.75) is 45.1 Å². The molecule has 2 aliphatic heterocycles. The molecule has 1 aromatic heterocycles. The standard InChI is InChI=1S/C19H31N5O4/c1-13-8-24(9-14(2)28-13)17(25)12-23(16-5-6-20-7-16)11-15-10-21(3)19(27)22(4)18(15)26/h10,13-14,16,20H,5-9,11-12H2,1-4H3/t13-,14+,16-/m0/s1. The summed E-state index contributed by atoms with van der Waals surface area (Å²) in [5.41, 5.74) is -0.136. The second-order valence-corrected chi connectivity index (χ2v) is 8.02. The Kier molecular flexibility index (Phi) is 6.36. The first-order valence-corrected chi connectivity index (χ1v) is 9.89. The molecule has 156 valence electrons. The number of morpholine rings is 1. The van der Waals surface area contributed by atoms with Crippen LogP contribution in [0, 0.1) is 0 Å². The minimum absolute atomic E-state index is 0.0187. The predicted octanol–water partition coefficient (Wildman–Crippen LogP) is -1.12. The highest BCUT2D eigenvalue weighted by atomic mass is 16.5. The van der Waals surface area contributed by atoms with Crippen molar-refractivity contribution in [3.63, 3.8) is 0 Å². The van der Waals surface area contributed by atoms with E-state index in [1.54, 1.807) is 13.2 Å². The molecule has 2 saturated heterocycles. The molecular formula is C19H31N5O4. The molecule has 2 fully saturated rings. The number of nitrogens with one attached hydrogen (secondary N) is 1. The van der Waals surface area contributed by atoms with Gasteiger partial charge in [-0.15, -0.1) is 0 Å². The van der Waals surface area contributed by atoms with Crippen LogP contribution in [-0.4, -0.2) is 75.8 Å². The number of carbonyl (C=O) groups excluding carboxylic acids is 1. The summed E-state index contributed by atoms with van der Waals surface area (Å²) in [4.78, 5) is 41.4. The van der Waals surface area contributed by atoms with Crippen LogP contribution in [0.2, 0.25) is 0 Å². The third-order valence-corrected chi connectivity index (χ3v) is 5.55. The Hall–Kier alpha value is -1.97. The molecule has 0 saturated carbocycles. The molecular weight excluding hydrogens is 362 g/mol. The molecule has 1 amide bonds. The summed E-state index contributed by atoms with van der Waals surface area (Å²) in [6, 6.07) is 0.182. The maximum Gasteiger partial charge on any atom is 0.330 e. The molecule has 2 aliphatic rings. The summed E-state index contributed by atoms with van der Waals surface area (Å²) >= 11 is 0. The van der Waals surface area contributed by atoms with Crippen molar-refractivity contribution < 1.29 is 9.53 Å². The lowest BCUT2D eigenvalue weighted by Gasteiger charge is -2.37. The van der Waals surface area contributed by atoms with E-state index in [0.717, 1.165) is 24.1 Å². The highest BCUT2D eigenvalue weighted by molar-refractivity contribution is 5.78. The molecule has 3 atom stereocenters. The van der Waals surface area contributed by atoms with Crippen molar-refractivity contribution >= 4 is 5.91 Å². The first-order chi connectivity index (χ1) is 13.3. The van der Waals surface area contributed by atoms with Crippen molar-refractivity contribution in [2.24, 2.45) is 14.1 Å². The van der Waals surface area contributed by atoms with Gasteiger partial charge in [0.25, 0.3) is 5.56 Å². The maximum absolute atomic E-state index is 13.0. The molecule has 0 radical (unpaired) electrons. The zero-order valence-electron chi connectivity index (χ0n) is 17.2. The van der Waals surface area contributed by atoms with Crippen LogP contribution in [0.3, 0.4) is 0 Å². The van der Waals surface area contributed by atoms with Gasteiger partial charge in [0.05, 0.1) is 18.8 Å². The van der Waals surface area contributed by atoms with Gasteiger partial charge in [0.15, 0.2) is 0 Å². The molecule has 3 heterocycles. The third-order valence-electron chi connectivity index (χ3n) is 5.55. The van der Waals surface area contributed by atoms with E-state index in [9.17, 15) is 14.4 Å². The zero-order chi connectivity index (χ0) is 20.4. The predicted molar refractivity (Wildman–Crippen MR) is 105 cm³/mol. The van der Waals surface area contributed by atoms with Gasteiger partial charge in [0.1, 0.15) is 0 Å². The summed E-state index contributed by atoms with van der Waals surface area (Å²) in [7, 11) is 3.12. The van der Waals surface area contributed by atoms with Gasteiger partial charge < -0.3 is 19.5 Å². The van der Waals surface area contributed by atoms with Crippen LogP contribution < -0.4 is 16.6 Å². The van der Waals surface area contributed by atoms with Crippen LogP contribution in [-0.2, 0) is 30.2 Å². The van der Waals surface area contributed by atoms with Gasteiger partial charge in [-0.25, -0.2) is 4.79 Å². The lowest BCUT2D eigenvalue weighted by molar-refractivity contribution is -0.145. The van der Waals surface area contributed by atoms with Crippen LogP contribution in [0.5, 0.6) is 0 Å². The monoisotopic (exact) mass is 393 g/mol. The van der Waals surface area contributed by atoms with Crippen LogP contribution in [0.4, 0.5) is 0 Å².